The van der Waals surface area contributed by atoms with Crippen molar-refractivity contribution in [3.8, 4) is 11.5 Å². The van der Waals surface area contributed by atoms with Gasteiger partial charge in [-0.05, 0) is 61.4 Å². The molecule has 3 aromatic rings. The molecule has 170 valence electrons. The summed E-state index contributed by atoms with van der Waals surface area (Å²) in [5.74, 6) is 1.79. The molecule has 0 bridgehead atoms. The Hall–Kier alpha value is -3.02. The van der Waals surface area contributed by atoms with Crippen molar-refractivity contribution in [1.29, 1.82) is 0 Å². The molecule has 0 saturated carbocycles. The van der Waals surface area contributed by atoms with Crippen molar-refractivity contribution in [2.75, 3.05) is 7.11 Å². The largest absolute Gasteiger partial charge is 0.497 e. The molecule has 0 aliphatic carbocycles. The molecule has 0 saturated heterocycles. The van der Waals surface area contributed by atoms with Crippen LogP contribution in [0, 0.1) is 0 Å². The second-order valence-electron chi connectivity index (χ2n) is 7.99. The van der Waals surface area contributed by atoms with Crippen molar-refractivity contribution in [3.05, 3.63) is 93.5 Å². The van der Waals surface area contributed by atoms with E-state index in [2.05, 4.69) is 0 Å². The molecular weight excluding hydrogens is 459 g/mol. The minimum atomic E-state index is -0.357. The number of carbonyl (C=O) groups excluding carboxylic acids is 1. The van der Waals surface area contributed by atoms with Gasteiger partial charge in [-0.15, -0.1) is 0 Å². The first-order chi connectivity index (χ1) is 15.9. The lowest BCUT2D eigenvalue weighted by atomic mass is 9.94. The van der Waals surface area contributed by atoms with Crippen LogP contribution in [0.2, 0.25) is 10.0 Å². The maximum Gasteiger partial charge on any atom is 0.215 e. The van der Waals surface area contributed by atoms with E-state index in [0.717, 1.165) is 17.5 Å². The zero-order valence-electron chi connectivity index (χ0n) is 18.5. The SMILES string of the molecule is COc1ccc(C2=N[C@@H](c3ccc(Cl)cc3)[C@@H](c3ccc(Cl)cc3)N2C=O)c(OC(C)C)c1. The first-order valence-electron chi connectivity index (χ1n) is 10.6. The minimum absolute atomic E-state index is 0.0679. The molecule has 5 nitrogen and oxygen atoms in total. The minimum Gasteiger partial charge on any atom is -0.497 e. The van der Waals surface area contributed by atoms with Crippen molar-refractivity contribution in [1.82, 2.24) is 4.90 Å². The molecule has 3 aromatic carbocycles. The Balaban J connectivity index is 1.87. The maximum absolute atomic E-state index is 12.5. The van der Waals surface area contributed by atoms with Gasteiger partial charge in [-0.25, -0.2) is 0 Å². The fourth-order valence-electron chi connectivity index (χ4n) is 3.96. The second-order valence-corrected chi connectivity index (χ2v) is 8.86. The van der Waals surface area contributed by atoms with E-state index in [4.69, 9.17) is 37.7 Å². The van der Waals surface area contributed by atoms with Gasteiger partial charge in [0, 0.05) is 16.1 Å². The van der Waals surface area contributed by atoms with Crippen LogP contribution in [0.5, 0.6) is 11.5 Å². The lowest BCUT2D eigenvalue weighted by Gasteiger charge is -2.27. The van der Waals surface area contributed by atoms with Crippen LogP contribution in [0.1, 0.15) is 42.6 Å². The summed E-state index contributed by atoms with van der Waals surface area (Å²) in [6, 6.07) is 19.8. The van der Waals surface area contributed by atoms with Crippen LogP contribution >= 0.6 is 23.2 Å². The van der Waals surface area contributed by atoms with Gasteiger partial charge in [-0.2, -0.15) is 0 Å². The van der Waals surface area contributed by atoms with Crippen molar-refractivity contribution >= 4 is 35.4 Å². The number of rotatable bonds is 7. The Labute approximate surface area is 203 Å². The van der Waals surface area contributed by atoms with Crippen molar-refractivity contribution in [2.45, 2.75) is 32.0 Å². The molecule has 0 radical (unpaired) electrons. The Morgan fingerprint density at radius 2 is 1.55 bits per heavy atom. The van der Waals surface area contributed by atoms with Crippen molar-refractivity contribution in [3.63, 3.8) is 0 Å². The zero-order chi connectivity index (χ0) is 23.5. The first kappa shape index (κ1) is 23.1. The van der Waals surface area contributed by atoms with Gasteiger partial charge in [0.1, 0.15) is 23.4 Å². The Morgan fingerprint density at radius 3 is 2.09 bits per heavy atom. The summed E-state index contributed by atoms with van der Waals surface area (Å²) in [6.45, 7) is 3.90. The number of carbonyl (C=O) groups is 1. The molecule has 7 heteroatoms. The van der Waals surface area contributed by atoms with Gasteiger partial charge in [0.25, 0.3) is 0 Å². The molecule has 1 aliphatic rings. The number of amides is 1. The van der Waals surface area contributed by atoms with Crippen LogP contribution in [0.4, 0.5) is 0 Å². The zero-order valence-corrected chi connectivity index (χ0v) is 20.0. The van der Waals surface area contributed by atoms with Crippen molar-refractivity contribution in [2.24, 2.45) is 4.99 Å². The molecule has 2 atom stereocenters. The molecule has 1 aliphatic heterocycles. The number of hydrogen-bond donors (Lipinski definition) is 0. The number of amidine groups is 1. The summed E-state index contributed by atoms with van der Waals surface area (Å²) in [5, 5.41) is 1.26. The summed E-state index contributed by atoms with van der Waals surface area (Å²) in [5.41, 5.74) is 2.58. The van der Waals surface area contributed by atoms with E-state index in [1.807, 2.05) is 80.6 Å². The van der Waals surface area contributed by atoms with Gasteiger partial charge in [-0.1, -0.05) is 47.5 Å². The summed E-state index contributed by atoms with van der Waals surface area (Å²) in [4.78, 5) is 19.1. The number of benzene rings is 3. The van der Waals surface area contributed by atoms with Gasteiger partial charge >= 0.3 is 0 Å². The molecule has 0 fully saturated rings. The van der Waals surface area contributed by atoms with Crippen LogP contribution in [-0.4, -0.2) is 30.4 Å². The Bertz CT molecular complexity index is 1160. The highest BCUT2D eigenvalue weighted by atomic mass is 35.5. The summed E-state index contributed by atoms with van der Waals surface area (Å²) in [7, 11) is 1.60. The lowest BCUT2D eigenvalue weighted by molar-refractivity contribution is -0.116. The van der Waals surface area contributed by atoms with E-state index in [9.17, 15) is 4.79 Å². The van der Waals surface area contributed by atoms with Gasteiger partial charge in [0.15, 0.2) is 0 Å². The number of nitrogens with zero attached hydrogens (tertiary/aromatic N) is 2. The first-order valence-corrected chi connectivity index (χ1v) is 11.3. The fraction of sp³-hybridized carbons (Fsp3) is 0.231. The monoisotopic (exact) mass is 482 g/mol. The highest BCUT2D eigenvalue weighted by molar-refractivity contribution is 6.30. The average molecular weight is 483 g/mol. The highest BCUT2D eigenvalue weighted by Gasteiger charge is 2.39. The third kappa shape index (κ3) is 4.85. The number of hydrogen-bond acceptors (Lipinski definition) is 4. The normalized spacial score (nSPS) is 17.8. The molecule has 1 heterocycles. The van der Waals surface area contributed by atoms with Crippen LogP contribution in [0.15, 0.2) is 71.7 Å². The molecule has 0 aromatic heterocycles. The van der Waals surface area contributed by atoms with Crippen LogP contribution in [0.3, 0.4) is 0 Å². The smallest absolute Gasteiger partial charge is 0.215 e. The maximum atomic E-state index is 12.5. The number of methoxy groups -OCH3 is 1. The van der Waals surface area contributed by atoms with E-state index in [1.165, 1.54) is 0 Å². The predicted octanol–water partition coefficient (Wildman–Crippen LogP) is 6.49. The number of aliphatic imine (C=N–C) groups is 1. The van der Waals surface area contributed by atoms with Gasteiger partial charge in [0.05, 0.1) is 24.8 Å². The van der Waals surface area contributed by atoms with Crippen LogP contribution in [0.25, 0.3) is 0 Å². The highest BCUT2D eigenvalue weighted by Crippen LogP contribution is 2.44. The molecule has 4 rings (SSSR count). The molecule has 0 N–H and O–H groups in total. The molecule has 33 heavy (non-hydrogen) atoms. The third-order valence-corrected chi connectivity index (χ3v) is 5.94. The summed E-state index contributed by atoms with van der Waals surface area (Å²) < 4.78 is 11.5. The third-order valence-electron chi connectivity index (χ3n) is 5.43. The van der Waals surface area contributed by atoms with Gasteiger partial charge in [0.2, 0.25) is 6.41 Å². The standard InChI is InChI=1S/C26H24Cl2N2O3/c1-16(2)33-23-14-21(32-3)12-13-22(23)26-29-24(17-4-8-19(27)9-5-17)25(30(26)15-31)18-6-10-20(28)11-7-18/h4-16,24-25H,1-3H3/t24-,25+/m0/s1. The fourth-order valence-corrected chi connectivity index (χ4v) is 4.21. The van der Waals surface area contributed by atoms with E-state index in [0.29, 0.717) is 32.9 Å². The van der Waals surface area contributed by atoms with Gasteiger partial charge in [-0.3, -0.25) is 14.7 Å². The predicted molar refractivity (Wildman–Crippen MR) is 132 cm³/mol. The molecule has 0 unspecified atom stereocenters. The molecule has 1 amide bonds. The number of halogens is 2. The lowest BCUT2D eigenvalue weighted by Crippen LogP contribution is -2.31. The summed E-state index contributed by atoms with van der Waals surface area (Å²) >= 11 is 12.2. The Kier molecular flexibility index (Phi) is 6.91. The second kappa shape index (κ2) is 9.86. The van der Waals surface area contributed by atoms with E-state index in [1.54, 1.807) is 12.0 Å². The van der Waals surface area contributed by atoms with E-state index < -0.39 is 0 Å². The Morgan fingerprint density at radius 1 is 0.939 bits per heavy atom. The average Bonchev–Trinajstić information content (AvgIpc) is 3.19. The van der Waals surface area contributed by atoms with Crippen LogP contribution < -0.4 is 9.47 Å². The quantitative estimate of drug-likeness (QED) is 0.361. The van der Waals surface area contributed by atoms with Gasteiger partial charge < -0.3 is 9.47 Å². The molecule has 0 spiro atoms. The van der Waals surface area contributed by atoms with E-state index >= 15 is 0 Å². The molecular formula is C26H24Cl2N2O3. The van der Waals surface area contributed by atoms with E-state index in [-0.39, 0.29) is 18.2 Å². The number of ether oxygens (including phenoxy) is 2. The summed E-state index contributed by atoms with van der Waals surface area (Å²) in [6.07, 6.45) is 0.749. The van der Waals surface area contributed by atoms with Crippen molar-refractivity contribution < 1.29 is 14.3 Å². The van der Waals surface area contributed by atoms with Crippen LogP contribution in [-0.2, 0) is 4.79 Å². The topological polar surface area (TPSA) is 51.1 Å².